The van der Waals surface area contributed by atoms with E-state index < -0.39 is 0 Å². The van der Waals surface area contributed by atoms with Gasteiger partial charge < -0.3 is 5.32 Å². The Morgan fingerprint density at radius 1 is 1.33 bits per heavy atom. The Labute approximate surface area is 139 Å². The van der Waals surface area contributed by atoms with E-state index in [2.05, 4.69) is 49.1 Å². The zero-order chi connectivity index (χ0) is 14.6. The van der Waals surface area contributed by atoms with E-state index in [1.807, 2.05) is 11.3 Å². The fourth-order valence-electron chi connectivity index (χ4n) is 2.75. The van der Waals surface area contributed by atoms with Crippen molar-refractivity contribution in [3.05, 3.63) is 16.1 Å². The molecule has 0 unspecified atom stereocenters. The highest BCUT2D eigenvalue weighted by Crippen LogP contribution is 2.29. The average Bonchev–Trinajstić information content (AvgIpc) is 2.88. The maximum Gasteiger partial charge on any atom is 0.107 e. The molecule has 1 aromatic heterocycles. The van der Waals surface area contributed by atoms with Crippen LogP contribution in [0.4, 0.5) is 0 Å². The van der Waals surface area contributed by atoms with Crippen LogP contribution in [0.2, 0.25) is 0 Å². The fourth-order valence-corrected chi connectivity index (χ4v) is 3.75. The summed E-state index contributed by atoms with van der Waals surface area (Å²) in [6.45, 7) is 13.6. The van der Waals surface area contributed by atoms with Crippen molar-refractivity contribution in [2.24, 2.45) is 0 Å². The highest BCUT2D eigenvalue weighted by Gasteiger charge is 2.23. The molecule has 2 rings (SSSR count). The maximum absolute atomic E-state index is 4.66. The van der Waals surface area contributed by atoms with Gasteiger partial charge in [-0.1, -0.05) is 27.7 Å². The molecular formula is C16H30ClN3S. The van der Waals surface area contributed by atoms with Crippen LogP contribution in [0.25, 0.3) is 0 Å². The summed E-state index contributed by atoms with van der Waals surface area (Å²) >= 11 is 1.89. The predicted molar refractivity (Wildman–Crippen MR) is 94.7 cm³/mol. The van der Waals surface area contributed by atoms with Gasteiger partial charge in [0, 0.05) is 17.1 Å². The molecule has 0 aromatic carbocycles. The second kappa shape index (κ2) is 8.47. The van der Waals surface area contributed by atoms with Gasteiger partial charge in [-0.2, -0.15) is 0 Å². The number of thiazole rings is 1. The normalized spacial score (nSPS) is 17.0. The quantitative estimate of drug-likeness (QED) is 0.888. The molecule has 1 aliphatic heterocycles. The molecule has 1 N–H and O–H groups in total. The zero-order valence-electron chi connectivity index (χ0n) is 13.8. The fraction of sp³-hybridized carbons (Fsp3) is 0.812. The lowest BCUT2D eigenvalue weighted by Crippen LogP contribution is -2.43. The summed E-state index contributed by atoms with van der Waals surface area (Å²) in [4.78, 5) is 8.70. The third-order valence-corrected chi connectivity index (χ3v) is 5.37. The SMILES string of the molecule is CCCN(Cc1ncc(C(C)(C)C)s1)C1CCNCC1.Cl. The molecule has 0 bridgehead atoms. The third-order valence-electron chi connectivity index (χ3n) is 3.97. The first kappa shape index (κ1) is 18.9. The number of halogens is 1. The molecule has 122 valence electrons. The first-order valence-corrected chi connectivity index (χ1v) is 8.72. The summed E-state index contributed by atoms with van der Waals surface area (Å²) in [7, 11) is 0. The molecule has 0 radical (unpaired) electrons. The number of aromatic nitrogens is 1. The van der Waals surface area contributed by atoms with E-state index >= 15 is 0 Å². The smallest absolute Gasteiger partial charge is 0.107 e. The van der Waals surface area contributed by atoms with Gasteiger partial charge in [0.2, 0.25) is 0 Å². The van der Waals surface area contributed by atoms with Gasteiger partial charge in [-0.3, -0.25) is 4.90 Å². The van der Waals surface area contributed by atoms with E-state index in [0.29, 0.717) is 0 Å². The van der Waals surface area contributed by atoms with Gasteiger partial charge in [0.05, 0.1) is 6.54 Å². The van der Waals surface area contributed by atoms with Crippen molar-refractivity contribution in [3.63, 3.8) is 0 Å². The van der Waals surface area contributed by atoms with Crippen LogP contribution in [0.3, 0.4) is 0 Å². The number of rotatable bonds is 5. The summed E-state index contributed by atoms with van der Waals surface area (Å²) in [6, 6.07) is 0.734. The predicted octanol–water partition coefficient (Wildman–Crippen LogP) is 3.83. The molecule has 3 nitrogen and oxygen atoms in total. The second-order valence-corrected chi connectivity index (χ2v) is 7.94. The molecule has 0 aliphatic carbocycles. The van der Waals surface area contributed by atoms with Gasteiger partial charge in [-0.15, -0.1) is 23.7 Å². The Morgan fingerprint density at radius 3 is 2.52 bits per heavy atom. The van der Waals surface area contributed by atoms with E-state index in [1.165, 1.54) is 35.7 Å². The molecule has 5 heteroatoms. The van der Waals surface area contributed by atoms with Crippen molar-refractivity contribution in [1.82, 2.24) is 15.2 Å². The lowest BCUT2D eigenvalue weighted by molar-refractivity contribution is 0.154. The molecule has 1 aliphatic rings. The van der Waals surface area contributed by atoms with Gasteiger partial charge in [0.1, 0.15) is 5.01 Å². The molecule has 1 aromatic rings. The monoisotopic (exact) mass is 331 g/mol. The molecule has 0 atom stereocenters. The Morgan fingerprint density at radius 2 is 2.00 bits per heavy atom. The summed E-state index contributed by atoms with van der Waals surface area (Å²) < 4.78 is 0. The first-order chi connectivity index (χ1) is 9.50. The Kier molecular flexibility index (Phi) is 7.62. The van der Waals surface area contributed by atoms with Crippen molar-refractivity contribution < 1.29 is 0 Å². The molecule has 2 heterocycles. The summed E-state index contributed by atoms with van der Waals surface area (Å²) in [5.41, 5.74) is 0.222. The minimum atomic E-state index is 0. The van der Waals surface area contributed by atoms with Crippen molar-refractivity contribution in [2.75, 3.05) is 19.6 Å². The van der Waals surface area contributed by atoms with Gasteiger partial charge >= 0.3 is 0 Å². The maximum atomic E-state index is 4.66. The van der Waals surface area contributed by atoms with Crippen LogP contribution < -0.4 is 5.32 Å². The summed E-state index contributed by atoms with van der Waals surface area (Å²) in [5.74, 6) is 0. The molecule has 1 saturated heterocycles. The minimum Gasteiger partial charge on any atom is -0.317 e. The minimum absolute atomic E-state index is 0. The number of piperidine rings is 1. The molecule has 0 saturated carbocycles. The van der Waals surface area contributed by atoms with E-state index in [0.717, 1.165) is 25.7 Å². The molecule has 21 heavy (non-hydrogen) atoms. The Balaban J connectivity index is 0.00000220. The zero-order valence-corrected chi connectivity index (χ0v) is 15.4. The Bertz CT molecular complexity index is 408. The van der Waals surface area contributed by atoms with Crippen LogP contribution in [0.1, 0.15) is 56.8 Å². The van der Waals surface area contributed by atoms with Crippen LogP contribution in [0, 0.1) is 0 Å². The van der Waals surface area contributed by atoms with E-state index in [-0.39, 0.29) is 17.8 Å². The van der Waals surface area contributed by atoms with Gasteiger partial charge in [0.15, 0.2) is 0 Å². The summed E-state index contributed by atoms with van der Waals surface area (Å²) in [6.07, 6.45) is 5.85. The molecule has 0 amide bonds. The highest BCUT2D eigenvalue weighted by molar-refractivity contribution is 7.11. The lowest BCUT2D eigenvalue weighted by atomic mass is 9.96. The number of hydrogen-bond donors (Lipinski definition) is 1. The topological polar surface area (TPSA) is 28.2 Å². The molecule has 0 spiro atoms. The van der Waals surface area contributed by atoms with Crippen LogP contribution in [0.5, 0.6) is 0 Å². The van der Waals surface area contributed by atoms with Gasteiger partial charge in [-0.05, 0) is 44.3 Å². The van der Waals surface area contributed by atoms with E-state index in [9.17, 15) is 0 Å². The van der Waals surface area contributed by atoms with Crippen molar-refractivity contribution in [1.29, 1.82) is 0 Å². The van der Waals surface area contributed by atoms with E-state index in [4.69, 9.17) is 0 Å². The number of nitrogens with zero attached hydrogens (tertiary/aromatic N) is 2. The van der Waals surface area contributed by atoms with Crippen molar-refractivity contribution in [2.45, 2.75) is 65.0 Å². The van der Waals surface area contributed by atoms with Crippen LogP contribution in [0.15, 0.2) is 6.20 Å². The van der Waals surface area contributed by atoms with Crippen LogP contribution in [-0.4, -0.2) is 35.6 Å². The second-order valence-electron chi connectivity index (χ2n) is 6.82. The van der Waals surface area contributed by atoms with Crippen LogP contribution >= 0.6 is 23.7 Å². The largest absolute Gasteiger partial charge is 0.317 e. The molecule has 1 fully saturated rings. The van der Waals surface area contributed by atoms with Crippen molar-refractivity contribution in [3.8, 4) is 0 Å². The average molecular weight is 332 g/mol. The lowest BCUT2D eigenvalue weighted by Gasteiger charge is -2.33. The number of hydrogen-bond acceptors (Lipinski definition) is 4. The number of nitrogens with one attached hydrogen (secondary N) is 1. The first-order valence-electron chi connectivity index (χ1n) is 7.90. The molecular weight excluding hydrogens is 302 g/mol. The van der Waals surface area contributed by atoms with Crippen molar-refractivity contribution >= 4 is 23.7 Å². The summed E-state index contributed by atoms with van der Waals surface area (Å²) in [5, 5.41) is 4.74. The van der Waals surface area contributed by atoms with Gasteiger partial charge in [0.25, 0.3) is 0 Å². The highest BCUT2D eigenvalue weighted by atomic mass is 35.5. The Hall–Kier alpha value is -0.160. The standard InChI is InChI=1S/C16H29N3S.ClH/c1-5-10-19(13-6-8-17-9-7-13)12-15-18-11-14(20-15)16(2,3)4;/h11,13,17H,5-10,12H2,1-4H3;1H. The van der Waals surface area contributed by atoms with Crippen LogP contribution in [-0.2, 0) is 12.0 Å². The van der Waals surface area contributed by atoms with Gasteiger partial charge in [-0.25, -0.2) is 4.98 Å². The van der Waals surface area contributed by atoms with E-state index in [1.54, 1.807) is 0 Å². The third kappa shape index (κ3) is 5.51.